The summed E-state index contributed by atoms with van der Waals surface area (Å²) in [7, 11) is 0. The van der Waals surface area contributed by atoms with Crippen molar-refractivity contribution in [1.29, 1.82) is 0 Å². The van der Waals surface area contributed by atoms with E-state index in [2.05, 4.69) is 26.2 Å². The highest BCUT2D eigenvalue weighted by Gasteiger charge is 2.10. The minimum absolute atomic E-state index is 0.104. The number of ether oxygens (including phenoxy) is 1. The summed E-state index contributed by atoms with van der Waals surface area (Å²) in [5.74, 6) is 0.798. The molecule has 0 atom stereocenters. The molecule has 0 aliphatic rings. The molecule has 0 spiro atoms. The monoisotopic (exact) mass is 356 g/mol. The second-order valence-corrected chi connectivity index (χ2v) is 5.25. The first-order chi connectivity index (χ1) is 12.7. The predicted molar refractivity (Wildman–Crippen MR) is 92.6 cm³/mol. The van der Waals surface area contributed by atoms with E-state index in [0.29, 0.717) is 23.8 Å². The number of anilines is 1. The van der Waals surface area contributed by atoms with Gasteiger partial charge in [-0.15, -0.1) is 5.10 Å². The molecule has 1 heterocycles. The van der Waals surface area contributed by atoms with E-state index in [1.54, 1.807) is 36.4 Å². The molecule has 8 nitrogen and oxygen atoms in total. The Kier molecular flexibility index (Phi) is 5.37. The molecule has 0 radical (unpaired) electrons. The van der Waals surface area contributed by atoms with E-state index in [0.717, 1.165) is 5.75 Å². The molecular weight excluding hydrogens is 339 g/mol. The summed E-state index contributed by atoms with van der Waals surface area (Å²) in [5, 5.41) is 16.7. The summed E-state index contributed by atoms with van der Waals surface area (Å²) in [6.45, 7) is 2.59. The maximum absolute atomic E-state index is 13.0. The van der Waals surface area contributed by atoms with Gasteiger partial charge >= 0.3 is 6.03 Å². The van der Waals surface area contributed by atoms with Crippen molar-refractivity contribution in [2.45, 2.75) is 13.5 Å². The van der Waals surface area contributed by atoms with Crippen LogP contribution in [0.5, 0.6) is 5.75 Å². The van der Waals surface area contributed by atoms with Crippen molar-refractivity contribution in [3.8, 4) is 11.4 Å². The van der Waals surface area contributed by atoms with Crippen molar-refractivity contribution in [3.63, 3.8) is 0 Å². The molecular formula is C17H17FN6O2. The van der Waals surface area contributed by atoms with Crippen LogP contribution in [0.3, 0.4) is 0 Å². The quantitative estimate of drug-likeness (QED) is 0.708. The van der Waals surface area contributed by atoms with Gasteiger partial charge < -0.3 is 15.4 Å². The van der Waals surface area contributed by atoms with Crippen molar-refractivity contribution < 1.29 is 13.9 Å². The summed E-state index contributed by atoms with van der Waals surface area (Å²) in [4.78, 5) is 12.0. The molecule has 3 aromatic rings. The number of urea groups is 1. The van der Waals surface area contributed by atoms with E-state index in [-0.39, 0.29) is 12.4 Å². The predicted octanol–water partition coefficient (Wildman–Crippen LogP) is 2.52. The Balaban J connectivity index is 1.58. The number of carbonyl (C=O) groups excluding carboxylic acids is 1. The molecule has 0 unspecified atom stereocenters. The lowest BCUT2D eigenvalue weighted by Gasteiger charge is -2.09. The molecule has 0 aliphatic heterocycles. The number of tetrazole rings is 1. The SMILES string of the molecule is CCOc1ccc(NC(=O)NCc2nnnn2-c2ccc(F)cc2)cc1. The van der Waals surface area contributed by atoms with E-state index in [4.69, 9.17) is 4.74 Å². The number of nitrogens with one attached hydrogen (secondary N) is 2. The fourth-order valence-electron chi connectivity index (χ4n) is 2.23. The maximum Gasteiger partial charge on any atom is 0.319 e. The van der Waals surface area contributed by atoms with E-state index in [1.807, 2.05) is 6.92 Å². The highest BCUT2D eigenvalue weighted by Crippen LogP contribution is 2.15. The fraction of sp³-hybridized carbons (Fsp3) is 0.176. The standard InChI is InChI=1S/C17H17FN6O2/c1-2-26-15-9-5-13(6-10-15)20-17(25)19-11-16-21-22-23-24(16)14-7-3-12(18)4-8-14/h3-10H,2,11H2,1H3,(H2,19,20,25). The molecule has 0 saturated carbocycles. The van der Waals surface area contributed by atoms with Gasteiger partial charge in [0.1, 0.15) is 11.6 Å². The Morgan fingerprint density at radius 2 is 1.88 bits per heavy atom. The van der Waals surface area contributed by atoms with Crippen LogP contribution in [0.4, 0.5) is 14.9 Å². The zero-order valence-corrected chi connectivity index (χ0v) is 14.0. The van der Waals surface area contributed by atoms with Gasteiger partial charge in [0.05, 0.1) is 18.8 Å². The maximum atomic E-state index is 13.0. The number of amides is 2. The molecule has 9 heteroatoms. The van der Waals surface area contributed by atoms with Crippen LogP contribution in [0.2, 0.25) is 0 Å². The normalized spacial score (nSPS) is 10.4. The van der Waals surface area contributed by atoms with E-state index in [9.17, 15) is 9.18 Å². The van der Waals surface area contributed by atoms with Crippen LogP contribution >= 0.6 is 0 Å². The van der Waals surface area contributed by atoms with Gasteiger partial charge in [0.15, 0.2) is 5.82 Å². The zero-order chi connectivity index (χ0) is 18.4. The first-order valence-electron chi connectivity index (χ1n) is 7.96. The summed E-state index contributed by atoms with van der Waals surface area (Å²) in [5.41, 5.74) is 1.23. The number of hydrogen-bond donors (Lipinski definition) is 2. The molecule has 0 saturated heterocycles. The average molecular weight is 356 g/mol. The lowest BCUT2D eigenvalue weighted by atomic mass is 10.3. The van der Waals surface area contributed by atoms with E-state index < -0.39 is 6.03 Å². The van der Waals surface area contributed by atoms with Gasteiger partial charge in [-0.05, 0) is 65.9 Å². The van der Waals surface area contributed by atoms with Gasteiger partial charge in [0.2, 0.25) is 0 Å². The van der Waals surface area contributed by atoms with Gasteiger partial charge in [0, 0.05) is 5.69 Å². The van der Waals surface area contributed by atoms with Crippen LogP contribution < -0.4 is 15.4 Å². The second-order valence-electron chi connectivity index (χ2n) is 5.25. The number of benzene rings is 2. The lowest BCUT2D eigenvalue weighted by molar-refractivity contribution is 0.251. The zero-order valence-electron chi connectivity index (χ0n) is 14.0. The molecule has 1 aromatic heterocycles. The van der Waals surface area contributed by atoms with Crippen molar-refractivity contribution >= 4 is 11.7 Å². The molecule has 0 bridgehead atoms. The van der Waals surface area contributed by atoms with Crippen molar-refractivity contribution in [2.24, 2.45) is 0 Å². The van der Waals surface area contributed by atoms with Gasteiger partial charge in [-0.2, -0.15) is 4.68 Å². The van der Waals surface area contributed by atoms with Gasteiger partial charge in [-0.1, -0.05) is 0 Å². The van der Waals surface area contributed by atoms with Crippen LogP contribution in [-0.2, 0) is 6.54 Å². The summed E-state index contributed by atoms with van der Waals surface area (Å²) in [6.07, 6.45) is 0. The topological polar surface area (TPSA) is 94.0 Å². The number of hydrogen-bond acceptors (Lipinski definition) is 5. The van der Waals surface area contributed by atoms with Crippen molar-refractivity contribution in [3.05, 3.63) is 60.2 Å². The molecule has 0 aliphatic carbocycles. The third-order valence-corrected chi connectivity index (χ3v) is 3.44. The van der Waals surface area contributed by atoms with Crippen molar-refractivity contribution in [2.75, 3.05) is 11.9 Å². The lowest BCUT2D eigenvalue weighted by Crippen LogP contribution is -2.29. The van der Waals surface area contributed by atoms with Crippen LogP contribution in [-0.4, -0.2) is 32.8 Å². The Hall–Kier alpha value is -3.49. The molecule has 2 aromatic carbocycles. The number of aromatic nitrogens is 4. The molecule has 134 valence electrons. The molecule has 2 N–H and O–H groups in total. The van der Waals surface area contributed by atoms with Crippen LogP contribution in [0.1, 0.15) is 12.7 Å². The number of halogens is 1. The average Bonchev–Trinajstić information content (AvgIpc) is 3.11. The summed E-state index contributed by atoms with van der Waals surface area (Å²) < 4.78 is 19.8. The van der Waals surface area contributed by atoms with Crippen molar-refractivity contribution in [1.82, 2.24) is 25.5 Å². The molecule has 0 fully saturated rings. The fourth-order valence-corrected chi connectivity index (χ4v) is 2.23. The van der Waals surface area contributed by atoms with Gasteiger partial charge in [-0.3, -0.25) is 0 Å². The Labute approximate surface area is 149 Å². The Morgan fingerprint density at radius 3 is 2.58 bits per heavy atom. The second kappa shape index (κ2) is 8.06. The highest BCUT2D eigenvalue weighted by molar-refractivity contribution is 5.89. The minimum Gasteiger partial charge on any atom is -0.494 e. The number of rotatable bonds is 6. The molecule has 2 amide bonds. The van der Waals surface area contributed by atoms with Crippen LogP contribution in [0.15, 0.2) is 48.5 Å². The summed E-state index contributed by atoms with van der Waals surface area (Å²) >= 11 is 0. The highest BCUT2D eigenvalue weighted by atomic mass is 19.1. The Morgan fingerprint density at radius 1 is 1.15 bits per heavy atom. The smallest absolute Gasteiger partial charge is 0.319 e. The minimum atomic E-state index is -0.400. The molecule has 3 rings (SSSR count). The Bertz CT molecular complexity index is 864. The van der Waals surface area contributed by atoms with Crippen LogP contribution in [0, 0.1) is 5.82 Å². The van der Waals surface area contributed by atoms with E-state index in [1.165, 1.54) is 16.8 Å². The number of carbonyl (C=O) groups is 1. The van der Waals surface area contributed by atoms with Gasteiger partial charge in [-0.25, -0.2) is 9.18 Å². The first-order valence-corrected chi connectivity index (χ1v) is 7.96. The largest absolute Gasteiger partial charge is 0.494 e. The van der Waals surface area contributed by atoms with Gasteiger partial charge in [0.25, 0.3) is 0 Å². The third-order valence-electron chi connectivity index (χ3n) is 3.44. The third kappa shape index (κ3) is 4.32. The molecule has 26 heavy (non-hydrogen) atoms. The van der Waals surface area contributed by atoms with E-state index >= 15 is 0 Å². The van der Waals surface area contributed by atoms with Crippen LogP contribution in [0.25, 0.3) is 5.69 Å². The number of nitrogens with zero attached hydrogens (tertiary/aromatic N) is 4. The first kappa shape index (κ1) is 17.3. The summed E-state index contributed by atoms with van der Waals surface area (Å²) in [6, 6.07) is 12.4.